The predicted octanol–water partition coefficient (Wildman–Crippen LogP) is 2.78. The highest BCUT2D eigenvalue weighted by molar-refractivity contribution is 6.43. The molecule has 0 amide bonds. The Morgan fingerprint density at radius 2 is 1.89 bits per heavy atom. The number of anilines is 1. The van der Waals surface area contributed by atoms with Gasteiger partial charge in [-0.2, -0.15) is 13.2 Å². The summed E-state index contributed by atoms with van der Waals surface area (Å²) in [4.78, 5) is 0. The highest BCUT2D eigenvalue weighted by Crippen LogP contribution is 2.41. The Morgan fingerprint density at radius 3 is 2.39 bits per heavy atom. The van der Waals surface area contributed by atoms with E-state index in [9.17, 15) is 13.2 Å². The molecule has 1 rings (SSSR count). The van der Waals surface area contributed by atoms with Crippen LogP contribution in [0.4, 0.5) is 18.9 Å². The molecule has 0 spiro atoms. The maximum atomic E-state index is 12.7. The minimum absolute atomic E-state index is 0.0364. The molecular weight excluding hydrogens is 294 g/mol. The third-order valence-electron chi connectivity index (χ3n) is 2.13. The molecule has 1 aromatic carbocycles. The zero-order chi connectivity index (χ0) is 13.9. The van der Waals surface area contributed by atoms with Crippen LogP contribution in [-0.2, 0) is 6.18 Å². The van der Waals surface area contributed by atoms with Gasteiger partial charge in [0.2, 0.25) is 0 Å². The molecule has 0 radical (unpaired) electrons. The van der Waals surface area contributed by atoms with Gasteiger partial charge in [-0.1, -0.05) is 23.2 Å². The van der Waals surface area contributed by atoms with Crippen molar-refractivity contribution >= 4 is 28.9 Å². The third kappa shape index (κ3) is 3.65. The first-order chi connectivity index (χ1) is 8.27. The van der Waals surface area contributed by atoms with Gasteiger partial charge in [-0.15, -0.1) is 0 Å². The number of rotatable bonds is 4. The first-order valence-electron chi connectivity index (χ1n) is 4.85. The number of alkyl halides is 3. The van der Waals surface area contributed by atoms with Crippen LogP contribution in [0.3, 0.4) is 0 Å². The van der Waals surface area contributed by atoms with E-state index in [1.807, 2.05) is 0 Å². The summed E-state index contributed by atoms with van der Waals surface area (Å²) in [6.45, 7) is -0.855. The Labute approximate surface area is 111 Å². The van der Waals surface area contributed by atoms with E-state index in [0.717, 1.165) is 12.1 Å². The Hall–Kier alpha value is -0.690. The van der Waals surface area contributed by atoms with Crippen molar-refractivity contribution in [1.29, 1.82) is 0 Å². The molecule has 3 nitrogen and oxygen atoms in total. The average molecular weight is 304 g/mol. The normalized spacial score (nSPS) is 13.5. The second-order valence-electron chi connectivity index (χ2n) is 3.50. The molecule has 0 saturated heterocycles. The lowest BCUT2D eigenvalue weighted by Gasteiger charge is -2.18. The summed E-state index contributed by atoms with van der Waals surface area (Å²) in [6, 6.07) is 1.84. The lowest BCUT2D eigenvalue weighted by molar-refractivity contribution is -0.137. The molecule has 0 aliphatic rings. The van der Waals surface area contributed by atoms with Crippen molar-refractivity contribution in [3.63, 3.8) is 0 Å². The van der Waals surface area contributed by atoms with Crippen molar-refractivity contribution in [3.8, 4) is 0 Å². The molecule has 0 aromatic heterocycles. The van der Waals surface area contributed by atoms with E-state index in [1.54, 1.807) is 0 Å². The summed E-state index contributed by atoms with van der Waals surface area (Å²) >= 11 is 11.3. The van der Waals surface area contributed by atoms with Gasteiger partial charge in [-0.3, -0.25) is 0 Å². The number of hydrogen-bond acceptors (Lipinski definition) is 3. The topological polar surface area (TPSA) is 52.5 Å². The largest absolute Gasteiger partial charge is 0.418 e. The van der Waals surface area contributed by atoms with Crippen molar-refractivity contribution in [3.05, 3.63) is 27.7 Å². The van der Waals surface area contributed by atoms with Gasteiger partial charge in [0.05, 0.1) is 34.0 Å². The number of aliphatic hydroxyl groups excluding tert-OH is 2. The third-order valence-corrected chi connectivity index (χ3v) is 2.93. The van der Waals surface area contributed by atoms with Gasteiger partial charge < -0.3 is 15.5 Å². The highest BCUT2D eigenvalue weighted by atomic mass is 35.5. The quantitative estimate of drug-likeness (QED) is 0.802. The standard InChI is InChI=1S/C10H10Cl2F3NO2/c11-7-2-1-6(10(13,14)15)9(8(7)12)16-3-5(18)4-17/h1-2,5,16-18H,3-4H2. The fraction of sp³-hybridized carbons (Fsp3) is 0.400. The molecular formula is C10H10Cl2F3NO2. The molecule has 0 fully saturated rings. The first-order valence-corrected chi connectivity index (χ1v) is 5.61. The Kier molecular flexibility index (Phi) is 5.10. The van der Waals surface area contributed by atoms with E-state index in [0.29, 0.717) is 0 Å². The lowest BCUT2D eigenvalue weighted by atomic mass is 10.1. The number of halogens is 5. The van der Waals surface area contributed by atoms with Crippen molar-refractivity contribution in [2.75, 3.05) is 18.5 Å². The molecule has 0 aliphatic heterocycles. The summed E-state index contributed by atoms with van der Waals surface area (Å²) < 4.78 is 38.1. The van der Waals surface area contributed by atoms with Crippen LogP contribution >= 0.6 is 23.2 Å². The number of benzene rings is 1. The Bertz CT molecular complexity index is 426. The van der Waals surface area contributed by atoms with Crippen LogP contribution in [0.15, 0.2) is 12.1 Å². The van der Waals surface area contributed by atoms with Gasteiger partial charge in [-0.25, -0.2) is 0 Å². The number of hydrogen-bond donors (Lipinski definition) is 3. The van der Waals surface area contributed by atoms with Crippen LogP contribution in [0.5, 0.6) is 0 Å². The van der Waals surface area contributed by atoms with Gasteiger partial charge in [0, 0.05) is 6.54 Å². The monoisotopic (exact) mass is 303 g/mol. The molecule has 0 heterocycles. The van der Waals surface area contributed by atoms with Crippen LogP contribution in [0, 0.1) is 0 Å². The Morgan fingerprint density at radius 1 is 1.28 bits per heavy atom. The van der Waals surface area contributed by atoms with Crippen molar-refractivity contribution in [2.45, 2.75) is 12.3 Å². The average Bonchev–Trinajstić information content (AvgIpc) is 2.28. The molecule has 102 valence electrons. The SMILES string of the molecule is OCC(O)CNc1c(C(F)(F)F)ccc(Cl)c1Cl. The molecule has 8 heteroatoms. The number of aliphatic hydroxyl groups is 2. The highest BCUT2D eigenvalue weighted by Gasteiger charge is 2.35. The summed E-state index contributed by atoms with van der Waals surface area (Å²) in [5.41, 5.74) is -1.40. The molecule has 1 atom stereocenters. The van der Waals surface area contributed by atoms with Gasteiger partial charge in [-0.05, 0) is 12.1 Å². The first kappa shape index (κ1) is 15.4. The van der Waals surface area contributed by atoms with Crippen LogP contribution in [-0.4, -0.2) is 29.5 Å². The van der Waals surface area contributed by atoms with E-state index >= 15 is 0 Å². The van der Waals surface area contributed by atoms with E-state index in [2.05, 4.69) is 5.32 Å². The predicted molar refractivity (Wildman–Crippen MR) is 63.0 cm³/mol. The summed E-state index contributed by atoms with van der Waals surface area (Å²) in [5.74, 6) is 0. The minimum atomic E-state index is -4.60. The van der Waals surface area contributed by atoms with Gasteiger partial charge in [0.25, 0.3) is 0 Å². The van der Waals surface area contributed by atoms with E-state index in [1.165, 1.54) is 0 Å². The van der Waals surface area contributed by atoms with Gasteiger partial charge in [0.15, 0.2) is 0 Å². The van der Waals surface area contributed by atoms with Crippen LogP contribution in [0.1, 0.15) is 5.56 Å². The fourth-order valence-electron chi connectivity index (χ4n) is 1.24. The molecule has 3 N–H and O–H groups in total. The van der Waals surface area contributed by atoms with Crippen LogP contribution in [0.2, 0.25) is 10.0 Å². The van der Waals surface area contributed by atoms with Crippen molar-refractivity contribution < 1.29 is 23.4 Å². The van der Waals surface area contributed by atoms with Crippen molar-refractivity contribution in [2.24, 2.45) is 0 Å². The van der Waals surface area contributed by atoms with Crippen LogP contribution in [0.25, 0.3) is 0 Å². The van der Waals surface area contributed by atoms with E-state index in [-0.39, 0.29) is 16.6 Å². The maximum absolute atomic E-state index is 12.7. The molecule has 18 heavy (non-hydrogen) atoms. The molecule has 0 aliphatic carbocycles. The molecule has 1 unspecified atom stereocenters. The molecule has 1 aromatic rings. The second-order valence-corrected chi connectivity index (χ2v) is 4.28. The second kappa shape index (κ2) is 5.97. The van der Waals surface area contributed by atoms with Gasteiger partial charge >= 0.3 is 6.18 Å². The van der Waals surface area contributed by atoms with Crippen LogP contribution < -0.4 is 5.32 Å². The summed E-state index contributed by atoms with van der Waals surface area (Å²) in [7, 11) is 0. The zero-order valence-corrected chi connectivity index (χ0v) is 10.4. The van der Waals surface area contributed by atoms with E-state index < -0.39 is 30.1 Å². The lowest BCUT2D eigenvalue weighted by Crippen LogP contribution is -2.24. The molecule has 0 bridgehead atoms. The Balaban J connectivity index is 3.10. The van der Waals surface area contributed by atoms with Crippen molar-refractivity contribution in [1.82, 2.24) is 0 Å². The zero-order valence-electron chi connectivity index (χ0n) is 8.93. The fourth-order valence-corrected chi connectivity index (χ4v) is 1.63. The maximum Gasteiger partial charge on any atom is 0.418 e. The van der Waals surface area contributed by atoms with Gasteiger partial charge in [0.1, 0.15) is 0 Å². The summed E-state index contributed by atoms with van der Waals surface area (Å²) in [6.07, 6.45) is -5.79. The molecule has 0 saturated carbocycles. The smallest absolute Gasteiger partial charge is 0.394 e. The van der Waals surface area contributed by atoms with E-state index in [4.69, 9.17) is 33.4 Å². The minimum Gasteiger partial charge on any atom is -0.394 e. The summed E-state index contributed by atoms with van der Waals surface area (Å²) in [5, 5.41) is 19.7. The number of nitrogens with one attached hydrogen (secondary N) is 1.